The van der Waals surface area contributed by atoms with E-state index < -0.39 is 0 Å². The normalized spacial score (nSPS) is 10.9. The van der Waals surface area contributed by atoms with E-state index in [-0.39, 0.29) is 5.56 Å². The Morgan fingerprint density at radius 3 is 2.83 bits per heavy atom. The van der Waals surface area contributed by atoms with Gasteiger partial charge in [0.05, 0.1) is 10.9 Å². The van der Waals surface area contributed by atoms with E-state index in [9.17, 15) is 4.79 Å². The zero-order valence-corrected chi connectivity index (χ0v) is 14.0. The quantitative estimate of drug-likeness (QED) is 0.728. The Morgan fingerprint density at radius 1 is 1.17 bits per heavy atom. The third-order valence-electron chi connectivity index (χ3n) is 3.82. The van der Waals surface area contributed by atoms with Gasteiger partial charge in [-0.1, -0.05) is 25.5 Å². The molecule has 124 valence electrons. The van der Waals surface area contributed by atoms with Gasteiger partial charge >= 0.3 is 0 Å². The van der Waals surface area contributed by atoms with Crippen molar-refractivity contribution in [3.63, 3.8) is 0 Å². The number of aromatic nitrogens is 4. The van der Waals surface area contributed by atoms with Crippen molar-refractivity contribution in [1.82, 2.24) is 19.9 Å². The Bertz CT molecular complexity index is 903. The fourth-order valence-electron chi connectivity index (χ4n) is 2.65. The summed E-state index contributed by atoms with van der Waals surface area (Å²) in [5.41, 5.74) is 1.74. The molecule has 0 saturated carbocycles. The molecule has 6 nitrogen and oxygen atoms in total. The van der Waals surface area contributed by atoms with Crippen LogP contribution >= 0.6 is 0 Å². The van der Waals surface area contributed by atoms with E-state index in [1.165, 1.54) is 0 Å². The third kappa shape index (κ3) is 3.59. The van der Waals surface area contributed by atoms with Crippen molar-refractivity contribution in [2.45, 2.75) is 33.1 Å². The van der Waals surface area contributed by atoms with E-state index >= 15 is 0 Å². The molecule has 2 N–H and O–H groups in total. The minimum Gasteiger partial charge on any atom is -0.369 e. The average molecular weight is 323 g/mol. The zero-order chi connectivity index (χ0) is 16.9. The first-order chi connectivity index (χ1) is 11.7. The van der Waals surface area contributed by atoms with Crippen LogP contribution in [0.2, 0.25) is 0 Å². The minimum absolute atomic E-state index is 0.0971. The molecule has 6 heteroatoms. The molecule has 0 spiro atoms. The molecule has 0 aliphatic carbocycles. The highest BCUT2D eigenvalue weighted by atomic mass is 16.1. The van der Waals surface area contributed by atoms with Crippen molar-refractivity contribution >= 4 is 16.7 Å². The summed E-state index contributed by atoms with van der Waals surface area (Å²) in [6.45, 7) is 4.66. The Balaban J connectivity index is 1.73. The molecule has 0 bridgehead atoms. The van der Waals surface area contributed by atoms with Crippen molar-refractivity contribution < 1.29 is 0 Å². The van der Waals surface area contributed by atoms with E-state index in [1.54, 1.807) is 6.07 Å². The lowest BCUT2D eigenvalue weighted by molar-refractivity contribution is 0.864. The molecule has 2 heterocycles. The number of rotatable bonds is 6. The van der Waals surface area contributed by atoms with Crippen LogP contribution < -0.4 is 10.9 Å². The van der Waals surface area contributed by atoms with Crippen molar-refractivity contribution in [1.29, 1.82) is 0 Å². The van der Waals surface area contributed by atoms with Crippen molar-refractivity contribution in [3.05, 3.63) is 58.0 Å². The van der Waals surface area contributed by atoms with Crippen molar-refractivity contribution in [2.75, 3.05) is 11.9 Å². The van der Waals surface area contributed by atoms with E-state index in [2.05, 4.69) is 32.2 Å². The molecule has 24 heavy (non-hydrogen) atoms. The molecule has 0 unspecified atom stereocenters. The fourth-order valence-corrected chi connectivity index (χ4v) is 2.65. The second kappa shape index (κ2) is 7.21. The van der Waals surface area contributed by atoms with Gasteiger partial charge in [0, 0.05) is 24.7 Å². The first-order valence-electron chi connectivity index (χ1n) is 8.21. The van der Waals surface area contributed by atoms with Crippen LogP contribution in [0.4, 0.5) is 5.82 Å². The number of aryl methyl sites for hydroxylation is 2. The van der Waals surface area contributed by atoms with Crippen LogP contribution in [0.15, 0.2) is 35.3 Å². The molecule has 0 aliphatic rings. The number of aromatic amines is 1. The SMILES string of the molecule is CCCc1cnc(C)nc1NCCc1nc2ccccc2c(=O)[nH]1. The molecule has 0 fully saturated rings. The summed E-state index contributed by atoms with van der Waals surface area (Å²) >= 11 is 0. The zero-order valence-electron chi connectivity index (χ0n) is 14.0. The highest BCUT2D eigenvalue weighted by molar-refractivity contribution is 5.77. The molecule has 3 aromatic rings. The molecule has 0 atom stereocenters. The lowest BCUT2D eigenvalue weighted by atomic mass is 10.2. The van der Waals surface area contributed by atoms with Gasteiger partial charge < -0.3 is 10.3 Å². The molecule has 0 amide bonds. The van der Waals surface area contributed by atoms with E-state index in [4.69, 9.17) is 0 Å². The highest BCUT2D eigenvalue weighted by Crippen LogP contribution is 2.14. The van der Waals surface area contributed by atoms with Crippen LogP contribution in [0.1, 0.15) is 30.6 Å². The van der Waals surface area contributed by atoms with Crippen molar-refractivity contribution in [3.8, 4) is 0 Å². The number of nitrogens with one attached hydrogen (secondary N) is 2. The standard InChI is InChI=1S/C18H21N5O/c1-3-6-13-11-20-12(2)21-17(13)19-10-9-16-22-15-8-5-4-7-14(15)18(24)23-16/h4-5,7-8,11H,3,6,9-10H2,1-2H3,(H,19,20,21)(H,22,23,24). The Morgan fingerprint density at radius 2 is 2.00 bits per heavy atom. The van der Waals surface area contributed by atoms with Gasteiger partial charge in [-0.15, -0.1) is 0 Å². The first-order valence-corrected chi connectivity index (χ1v) is 8.21. The van der Waals surface area contributed by atoms with Crippen LogP contribution in [0, 0.1) is 6.92 Å². The third-order valence-corrected chi connectivity index (χ3v) is 3.82. The molecule has 3 rings (SSSR count). The second-order valence-electron chi connectivity index (χ2n) is 5.75. The molecule has 0 saturated heterocycles. The summed E-state index contributed by atoms with van der Waals surface area (Å²) in [7, 11) is 0. The number of benzene rings is 1. The Kier molecular flexibility index (Phi) is 4.84. The van der Waals surface area contributed by atoms with Crippen LogP contribution in [0.25, 0.3) is 10.9 Å². The van der Waals surface area contributed by atoms with Crippen molar-refractivity contribution in [2.24, 2.45) is 0 Å². The highest BCUT2D eigenvalue weighted by Gasteiger charge is 2.06. The maximum Gasteiger partial charge on any atom is 0.258 e. The lowest BCUT2D eigenvalue weighted by Crippen LogP contribution is -2.16. The number of para-hydroxylation sites is 1. The number of fused-ring (bicyclic) bond motifs is 1. The summed E-state index contributed by atoms with van der Waals surface area (Å²) in [6, 6.07) is 7.36. The largest absolute Gasteiger partial charge is 0.369 e. The Labute approximate surface area is 140 Å². The summed E-state index contributed by atoms with van der Waals surface area (Å²) in [6.07, 6.45) is 4.48. The molecule has 2 aromatic heterocycles. The number of hydrogen-bond acceptors (Lipinski definition) is 5. The fraction of sp³-hybridized carbons (Fsp3) is 0.333. The van der Waals surface area contributed by atoms with Gasteiger partial charge in [0.25, 0.3) is 5.56 Å². The van der Waals surface area contributed by atoms with Gasteiger partial charge in [0.1, 0.15) is 17.5 Å². The molecular weight excluding hydrogens is 302 g/mol. The lowest BCUT2D eigenvalue weighted by Gasteiger charge is -2.11. The van der Waals surface area contributed by atoms with Gasteiger partial charge in [0.2, 0.25) is 0 Å². The predicted octanol–water partition coefficient (Wildman–Crippen LogP) is 2.63. The van der Waals surface area contributed by atoms with Gasteiger partial charge in [-0.2, -0.15) is 0 Å². The maximum absolute atomic E-state index is 12.1. The number of hydrogen-bond donors (Lipinski definition) is 2. The van der Waals surface area contributed by atoms with Gasteiger partial charge in [-0.05, 0) is 25.5 Å². The maximum atomic E-state index is 12.1. The molecule has 0 radical (unpaired) electrons. The summed E-state index contributed by atoms with van der Waals surface area (Å²) in [5.74, 6) is 2.29. The molecule has 1 aromatic carbocycles. The van der Waals surface area contributed by atoms with E-state index in [1.807, 2.05) is 31.3 Å². The second-order valence-corrected chi connectivity index (χ2v) is 5.75. The predicted molar refractivity (Wildman–Crippen MR) is 95.3 cm³/mol. The van der Waals surface area contributed by atoms with Crippen LogP contribution in [0.3, 0.4) is 0 Å². The van der Waals surface area contributed by atoms with Gasteiger partial charge in [-0.25, -0.2) is 15.0 Å². The van der Waals surface area contributed by atoms with Crippen LogP contribution in [0.5, 0.6) is 0 Å². The Hall–Kier alpha value is -2.76. The van der Waals surface area contributed by atoms with E-state index in [0.29, 0.717) is 24.2 Å². The number of nitrogens with zero attached hydrogens (tertiary/aromatic N) is 3. The topological polar surface area (TPSA) is 83.6 Å². The average Bonchev–Trinajstić information content (AvgIpc) is 2.57. The smallest absolute Gasteiger partial charge is 0.258 e. The minimum atomic E-state index is -0.0971. The van der Waals surface area contributed by atoms with Crippen LogP contribution in [-0.2, 0) is 12.8 Å². The van der Waals surface area contributed by atoms with Gasteiger partial charge in [-0.3, -0.25) is 4.79 Å². The molecule has 0 aliphatic heterocycles. The van der Waals surface area contributed by atoms with E-state index in [0.717, 1.165) is 35.6 Å². The molecular formula is C18H21N5O. The summed E-state index contributed by atoms with van der Waals surface area (Å²) in [4.78, 5) is 28.2. The monoisotopic (exact) mass is 323 g/mol. The summed E-state index contributed by atoms with van der Waals surface area (Å²) in [5, 5.41) is 3.96. The number of H-pyrrole nitrogens is 1. The summed E-state index contributed by atoms with van der Waals surface area (Å²) < 4.78 is 0. The van der Waals surface area contributed by atoms with Crippen LogP contribution in [-0.4, -0.2) is 26.5 Å². The van der Waals surface area contributed by atoms with Gasteiger partial charge in [0.15, 0.2) is 0 Å². The number of anilines is 1. The first kappa shape index (κ1) is 16.1.